The average molecular weight is 554 g/mol. The van der Waals surface area contributed by atoms with Crippen LogP contribution in [0.5, 0.6) is 0 Å². The second-order valence-corrected chi connectivity index (χ2v) is 11.5. The van der Waals surface area contributed by atoms with E-state index in [0.717, 1.165) is 0 Å². The Hall–Kier alpha value is -1.71. The van der Waals surface area contributed by atoms with E-state index in [1.165, 1.54) is 13.0 Å². The summed E-state index contributed by atoms with van der Waals surface area (Å²) < 4.78 is 73.7. The van der Waals surface area contributed by atoms with Crippen LogP contribution < -0.4 is 21.9 Å². The molecule has 0 radical (unpaired) electrons. The number of hydrogen-bond donors (Lipinski definition) is 4. The molecule has 14 heteroatoms. The number of nitrogens with two attached hydrogens (primary N) is 3. The number of nitrogens with zero attached hydrogens (tertiary/aromatic N) is 1. The molecule has 2 atom stereocenters. The van der Waals surface area contributed by atoms with E-state index in [-0.39, 0.29) is 37.5 Å². The summed E-state index contributed by atoms with van der Waals surface area (Å²) >= 11 is 0. The summed E-state index contributed by atoms with van der Waals surface area (Å²) in [5.74, 6) is -1.52. The van der Waals surface area contributed by atoms with Crippen molar-refractivity contribution in [3.05, 3.63) is 11.6 Å². The molecule has 2 unspecified atom stereocenters. The largest absolute Gasteiger partial charge is 0.378 e. The third-order valence-electron chi connectivity index (χ3n) is 6.42. The van der Waals surface area contributed by atoms with E-state index in [2.05, 4.69) is 9.71 Å². The Morgan fingerprint density at radius 2 is 1.62 bits per heavy atom. The molecule has 2 aliphatic carbocycles. The van der Waals surface area contributed by atoms with Crippen LogP contribution in [0.3, 0.4) is 0 Å². The molecule has 2 saturated carbocycles. The molecule has 2 aliphatic rings. The summed E-state index contributed by atoms with van der Waals surface area (Å²) in [5.41, 5.74) is 15.9. The number of carbonyl (C=O) groups excluding carboxylic acids is 1. The molecule has 1 amide bonds. The van der Waals surface area contributed by atoms with Crippen LogP contribution in [0.2, 0.25) is 0 Å². The predicted octanol–water partition coefficient (Wildman–Crippen LogP) is 0.427. The highest BCUT2D eigenvalue weighted by atomic mass is 32.2. The van der Waals surface area contributed by atoms with Gasteiger partial charge in [-0.05, 0) is 51.4 Å². The average Bonchev–Trinajstić information content (AvgIpc) is 2.83. The van der Waals surface area contributed by atoms with E-state index >= 15 is 0 Å². The number of rotatable bonds is 14. The van der Waals surface area contributed by atoms with Gasteiger partial charge in [-0.2, -0.15) is 4.99 Å². The van der Waals surface area contributed by atoms with E-state index in [0.29, 0.717) is 52.0 Å². The molecule has 0 saturated heterocycles. The summed E-state index contributed by atoms with van der Waals surface area (Å²) in [6.45, 7) is 3.49. The third kappa shape index (κ3) is 10.9. The van der Waals surface area contributed by atoms with E-state index in [1.807, 2.05) is 0 Å². The lowest BCUT2D eigenvalue weighted by Gasteiger charge is -2.37. The van der Waals surface area contributed by atoms with Gasteiger partial charge in [0.05, 0.1) is 37.8 Å². The maximum Gasteiger partial charge on any atom is 0.275 e. The quantitative estimate of drug-likeness (QED) is 0.103. The minimum atomic E-state index is -3.54. The molecule has 0 aromatic heterocycles. The van der Waals surface area contributed by atoms with Gasteiger partial charge in [0.1, 0.15) is 18.4 Å². The van der Waals surface area contributed by atoms with Gasteiger partial charge in [-0.3, -0.25) is 4.79 Å². The van der Waals surface area contributed by atoms with Crippen LogP contribution in [0.15, 0.2) is 16.6 Å². The number of halogens is 2. The van der Waals surface area contributed by atoms with Crippen LogP contribution in [0.25, 0.3) is 0 Å². The van der Waals surface area contributed by atoms with Crippen molar-refractivity contribution in [2.24, 2.45) is 28.1 Å². The molecule has 7 N–H and O–H groups in total. The van der Waals surface area contributed by atoms with Crippen LogP contribution >= 0.6 is 0 Å². The first kappa shape index (κ1) is 31.5. The maximum absolute atomic E-state index is 14.8. The fourth-order valence-corrected chi connectivity index (χ4v) is 6.08. The van der Waals surface area contributed by atoms with Crippen molar-refractivity contribution in [1.29, 1.82) is 0 Å². The molecule has 2 fully saturated rings. The number of guanidine groups is 1. The number of aliphatic imine (C=N–C) groups is 1. The van der Waals surface area contributed by atoms with Crippen molar-refractivity contribution >= 4 is 21.9 Å². The highest BCUT2D eigenvalue weighted by Gasteiger charge is 2.41. The molecule has 0 aliphatic heterocycles. The van der Waals surface area contributed by atoms with Gasteiger partial charge in [-0.25, -0.2) is 21.9 Å². The normalized spacial score (nSPS) is 29.1. The summed E-state index contributed by atoms with van der Waals surface area (Å²) in [6.07, 6.45) is -1.77. The third-order valence-corrected chi connectivity index (χ3v) is 8.37. The van der Waals surface area contributed by atoms with E-state index in [9.17, 15) is 22.0 Å². The lowest BCUT2D eigenvalue weighted by Crippen LogP contribution is -2.45. The molecule has 2 rings (SSSR count). The number of ether oxygens (including phenoxy) is 3. The molecule has 0 bridgehead atoms. The summed E-state index contributed by atoms with van der Waals surface area (Å²) in [5, 5.41) is -0.589. The highest BCUT2D eigenvalue weighted by Crippen LogP contribution is 2.35. The fourth-order valence-electron chi connectivity index (χ4n) is 4.59. The molecular formula is C23H41F2N5O6S. The number of hydrogen-bond acceptors (Lipinski definition) is 7. The molecule has 0 heterocycles. The Bertz CT molecular complexity index is 867. The Kier molecular flexibility index (Phi) is 13.3. The van der Waals surface area contributed by atoms with Crippen molar-refractivity contribution < 1.29 is 36.2 Å². The maximum atomic E-state index is 14.8. The van der Waals surface area contributed by atoms with Crippen LogP contribution in [-0.2, 0) is 29.0 Å². The number of carbonyl (C=O) groups is 1. The van der Waals surface area contributed by atoms with Crippen LogP contribution in [0, 0.1) is 5.92 Å². The predicted molar refractivity (Wildman–Crippen MR) is 136 cm³/mol. The van der Waals surface area contributed by atoms with Gasteiger partial charge in [-0.1, -0.05) is 6.08 Å². The van der Waals surface area contributed by atoms with Gasteiger partial charge in [0.2, 0.25) is 10.0 Å². The second-order valence-electron chi connectivity index (χ2n) is 9.41. The number of sulfonamides is 1. The zero-order valence-corrected chi connectivity index (χ0v) is 22.1. The molecule has 0 aromatic carbocycles. The monoisotopic (exact) mass is 553 g/mol. The molecule has 37 heavy (non-hydrogen) atoms. The Morgan fingerprint density at radius 1 is 1.03 bits per heavy atom. The van der Waals surface area contributed by atoms with Gasteiger partial charge >= 0.3 is 0 Å². The zero-order valence-electron chi connectivity index (χ0n) is 21.3. The van der Waals surface area contributed by atoms with Crippen LogP contribution in [0.1, 0.15) is 45.4 Å². The lowest BCUT2D eigenvalue weighted by atomic mass is 9.83. The topological polar surface area (TPSA) is 181 Å². The summed E-state index contributed by atoms with van der Waals surface area (Å²) in [6, 6.07) is 0. The van der Waals surface area contributed by atoms with Gasteiger partial charge in [0, 0.05) is 18.7 Å². The minimum absolute atomic E-state index is 0.00634. The van der Waals surface area contributed by atoms with E-state index in [1.54, 1.807) is 0 Å². The van der Waals surface area contributed by atoms with Gasteiger partial charge in [-0.15, -0.1) is 0 Å². The summed E-state index contributed by atoms with van der Waals surface area (Å²) in [7, 11) is -3.54. The van der Waals surface area contributed by atoms with Gasteiger partial charge in [0.15, 0.2) is 5.96 Å². The fraction of sp³-hybridized carbons (Fsp3) is 0.826. The van der Waals surface area contributed by atoms with Gasteiger partial charge < -0.3 is 31.4 Å². The first-order valence-corrected chi connectivity index (χ1v) is 14.2. The Morgan fingerprint density at radius 3 is 2.19 bits per heavy atom. The standard InChI is InChI=1S/C23H41F2N5O6S/c1-15(22(31)30-23(27)28)12-16-13-19(24)21(20(25)14-16)36-17-2-4-18(5-3-17)37(32,33)29-7-9-35-11-10-34-8-6-26/h12,16-21,29H,2-11,13-14,26H2,1H3,(H4,27,28,30,31)/b15-12+. The zero-order chi connectivity index (χ0) is 27.4. The van der Waals surface area contributed by atoms with Crippen molar-refractivity contribution in [2.75, 3.05) is 39.5 Å². The Balaban J connectivity index is 1.74. The summed E-state index contributed by atoms with van der Waals surface area (Å²) in [4.78, 5) is 15.3. The smallest absolute Gasteiger partial charge is 0.275 e. The number of amides is 1. The lowest BCUT2D eigenvalue weighted by molar-refractivity contribution is -0.118. The number of nitrogens with one attached hydrogen (secondary N) is 1. The van der Waals surface area contributed by atoms with Crippen molar-refractivity contribution in [3.63, 3.8) is 0 Å². The first-order chi connectivity index (χ1) is 17.5. The SMILES string of the molecule is C/C(=C\C1CC(F)C(OC2CCC(S(=O)(=O)NCCOCCOCCN)CC2)C(F)C1)C(=O)N=C(N)N. The second kappa shape index (κ2) is 15.6. The minimum Gasteiger partial charge on any atom is -0.378 e. The number of allylic oxidation sites excluding steroid dienone is 1. The van der Waals surface area contributed by atoms with Crippen molar-refractivity contribution in [2.45, 2.75) is 75.2 Å². The Labute approximate surface area is 217 Å². The first-order valence-electron chi connectivity index (χ1n) is 12.6. The highest BCUT2D eigenvalue weighted by molar-refractivity contribution is 7.90. The van der Waals surface area contributed by atoms with Gasteiger partial charge in [0.25, 0.3) is 5.91 Å². The van der Waals surface area contributed by atoms with E-state index in [4.69, 9.17) is 31.4 Å². The molecule has 11 nitrogen and oxygen atoms in total. The van der Waals surface area contributed by atoms with Crippen LogP contribution in [0.4, 0.5) is 8.78 Å². The molecule has 214 valence electrons. The number of alkyl halides is 2. The van der Waals surface area contributed by atoms with Crippen LogP contribution in [-0.4, -0.2) is 89.6 Å². The van der Waals surface area contributed by atoms with Crippen molar-refractivity contribution in [3.8, 4) is 0 Å². The molecule has 0 spiro atoms. The van der Waals surface area contributed by atoms with Crippen molar-refractivity contribution in [1.82, 2.24) is 4.72 Å². The molecule has 0 aromatic rings. The molecular weight excluding hydrogens is 512 g/mol. The van der Waals surface area contributed by atoms with E-state index < -0.39 is 51.6 Å².